The molecule has 0 saturated carbocycles. The summed E-state index contributed by atoms with van der Waals surface area (Å²) in [6.07, 6.45) is 5.02. The Balaban J connectivity index is 1.30. The van der Waals surface area contributed by atoms with Crippen molar-refractivity contribution in [3.05, 3.63) is 40.8 Å². The number of hydrogen-bond acceptors (Lipinski definition) is 6. The first-order valence-electron chi connectivity index (χ1n) is 8.24. The molecule has 2 aliphatic heterocycles. The topological polar surface area (TPSA) is 50.3 Å². The van der Waals surface area contributed by atoms with Crippen LogP contribution in [-0.2, 0) is 11.3 Å². The fourth-order valence-electron chi connectivity index (χ4n) is 3.74. The Bertz CT molecular complexity index is 606. The van der Waals surface area contributed by atoms with Gasteiger partial charge in [-0.05, 0) is 47.3 Å². The summed E-state index contributed by atoms with van der Waals surface area (Å²) in [5.74, 6) is 2.00. The predicted molar refractivity (Wildman–Crippen MR) is 91.5 cm³/mol. The van der Waals surface area contributed by atoms with Gasteiger partial charge in [0.2, 0.25) is 5.95 Å². The van der Waals surface area contributed by atoms with Gasteiger partial charge in [-0.2, -0.15) is 11.3 Å². The lowest BCUT2D eigenvalue weighted by Gasteiger charge is -2.35. The van der Waals surface area contributed by atoms with Crippen LogP contribution in [0.4, 0.5) is 5.95 Å². The molecular weight excluding hydrogens is 308 g/mol. The summed E-state index contributed by atoms with van der Waals surface area (Å²) >= 11 is 1.78. The number of nitrogens with zero attached hydrogens (tertiary/aromatic N) is 3. The zero-order valence-electron chi connectivity index (χ0n) is 13.1. The Kier molecular flexibility index (Phi) is 4.55. The third kappa shape index (κ3) is 3.54. The number of fused-ring (bicyclic) bond motifs is 1. The lowest BCUT2D eigenvalue weighted by Crippen LogP contribution is -2.42. The molecule has 3 atom stereocenters. The molecule has 122 valence electrons. The quantitative estimate of drug-likeness (QED) is 0.913. The SMILES string of the molecule is c1cnc(NC[C@@H]2OC[C@H]3CN(Cc4ccsc4)CC[C@H]32)nc1. The van der Waals surface area contributed by atoms with Crippen molar-refractivity contribution in [1.29, 1.82) is 0 Å². The highest BCUT2D eigenvalue weighted by Gasteiger charge is 2.40. The fraction of sp³-hybridized carbons (Fsp3) is 0.529. The van der Waals surface area contributed by atoms with Crippen molar-refractivity contribution in [2.75, 3.05) is 31.6 Å². The van der Waals surface area contributed by atoms with E-state index in [1.807, 2.05) is 6.07 Å². The maximum Gasteiger partial charge on any atom is 0.222 e. The fourth-order valence-corrected chi connectivity index (χ4v) is 4.40. The van der Waals surface area contributed by atoms with Crippen molar-refractivity contribution in [1.82, 2.24) is 14.9 Å². The van der Waals surface area contributed by atoms with Gasteiger partial charge in [-0.3, -0.25) is 4.90 Å². The van der Waals surface area contributed by atoms with Gasteiger partial charge in [-0.15, -0.1) is 0 Å². The van der Waals surface area contributed by atoms with E-state index in [2.05, 4.69) is 37.0 Å². The van der Waals surface area contributed by atoms with Crippen LogP contribution in [0.25, 0.3) is 0 Å². The number of aromatic nitrogens is 2. The van der Waals surface area contributed by atoms with E-state index in [0.717, 1.165) is 26.2 Å². The van der Waals surface area contributed by atoms with Gasteiger partial charge in [0.1, 0.15) is 0 Å². The van der Waals surface area contributed by atoms with Crippen molar-refractivity contribution >= 4 is 17.3 Å². The Labute approximate surface area is 140 Å². The summed E-state index contributed by atoms with van der Waals surface area (Å²) < 4.78 is 6.06. The summed E-state index contributed by atoms with van der Waals surface area (Å²) in [5, 5.41) is 7.72. The third-order valence-electron chi connectivity index (χ3n) is 4.89. The molecule has 2 fully saturated rings. The van der Waals surface area contributed by atoms with E-state index in [0.29, 0.717) is 17.8 Å². The smallest absolute Gasteiger partial charge is 0.222 e. The molecule has 2 saturated heterocycles. The minimum Gasteiger partial charge on any atom is -0.376 e. The number of nitrogens with one attached hydrogen (secondary N) is 1. The van der Waals surface area contributed by atoms with E-state index < -0.39 is 0 Å². The van der Waals surface area contributed by atoms with E-state index in [-0.39, 0.29) is 6.10 Å². The van der Waals surface area contributed by atoms with Crippen molar-refractivity contribution in [3.63, 3.8) is 0 Å². The van der Waals surface area contributed by atoms with E-state index >= 15 is 0 Å². The first-order valence-corrected chi connectivity index (χ1v) is 9.19. The standard InChI is InChI=1S/C17H22N4OS/c1-4-18-17(19-5-1)20-8-16-15-2-6-21(10-14(15)11-22-16)9-13-3-7-23-12-13/h1,3-5,7,12,14-16H,2,6,8-11H2,(H,18,19,20)/t14-,15-,16+/m1/s1. The number of rotatable bonds is 5. The maximum absolute atomic E-state index is 6.06. The van der Waals surface area contributed by atoms with Crippen LogP contribution in [0.5, 0.6) is 0 Å². The number of piperidine rings is 1. The molecule has 2 aliphatic rings. The van der Waals surface area contributed by atoms with Crippen LogP contribution in [0.3, 0.4) is 0 Å². The van der Waals surface area contributed by atoms with Gasteiger partial charge < -0.3 is 10.1 Å². The summed E-state index contributed by atoms with van der Waals surface area (Å²) in [6, 6.07) is 4.06. The van der Waals surface area contributed by atoms with Gasteiger partial charge in [-0.1, -0.05) is 0 Å². The van der Waals surface area contributed by atoms with Gasteiger partial charge in [0.15, 0.2) is 0 Å². The summed E-state index contributed by atoms with van der Waals surface area (Å²) in [7, 11) is 0. The monoisotopic (exact) mass is 330 g/mol. The Hall–Kier alpha value is -1.50. The zero-order chi connectivity index (χ0) is 15.5. The van der Waals surface area contributed by atoms with Gasteiger partial charge in [0.25, 0.3) is 0 Å². The Morgan fingerprint density at radius 3 is 3.09 bits per heavy atom. The molecule has 2 aromatic rings. The molecule has 0 aromatic carbocycles. The first-order chi connectivity index (χ1) is 11.4. The number of hydrogen-bond donors (Lipinski definition) is 1. The number of likely N-dealkylation sites (tertiary alicyclic amines) is 1. The summed E-state index contributed by atoms with van der Waals surface area (Å²) in [4.78, 5) is 11.0. The highest BCUT2D eigenvalue weighted by atomic mass is 32.1. The average molecular weight is 330 g/mol. The van der Waals surface area contributed by atoms with Crippen LogP contribution < -0.4 is 5.32 Å². The molecule has 0 radical (unpaired) electrons. The van der Waals surface area contributed by atoms with E-state index in [1.165, 1.54) is 18.5 Å². The third-order valence-corrected chi connectivity index (χ3v) is 5.62. The molecule has 6 heteroatoms. The Morgan fingerprint density at radius 1 is 1.35 bits per heavy atom. The summed E-state index contributed by atoms with van der Waals surface area (Å²) in [6.45, 7) is 5.08. The second-order valence-electron chi connectivity index (χ2n) is 6.40. The molecule has 0 amide bonds. The van der Waals surface area contributed by atoms with Crippen molar-refractivity contribution in [2.24, 2.45) is 11.8 Å². The molecule has 0 bridgehead atoms. The lowest BCUT2D eigenvalue weighted by atomic mass is 9.84. The normalized spacial score (nSPS) is 27.7. The van der Waals surface area contributed by atoms with Crippen molar-refractivity contribution < 1.29 is 4.74 Å². The van der Waals surface area contributed by atoms with Crippen molar-refractivity contribution in [2.45, 2.75) is 19.1 Å². The van der Waals surface area contributed by atoms with Gasteiger partial charge in [0.05, 0.1) is 12.7 Å². The largest absolute Gasteiger partial charge is 0.376 e. The van der Waals surface area contributed by atoms with Crippen LogP contribution >= 0.6 is 11.3 Å². The van der Waals surface area contributed by atoms with Gasteiger partial charge in [-0.25, -0.2) is 9.97 Å². The average Bonchev–Trinajstić information content (AvgIpc) is 3.23. The maximum atomic E-state index is 6.06. The minimum absolute atomic E-state index is 0.284. The van der Waals surface area contributed by atoms with Crippen LogP contribution in [0.1, 0.15) is 12.0 Å². The summed E-state index contributed by atoms with van der Waals surface area (Å²) in [5.41, 5.74) is 1.44. The molecule has 4 heterocycles. The lowest BCUT2D eigenvalue weighted by molar-refractivity contribution is 0.0946. The predicted octanol–water partition coefficient (Wildman–Crippen LogP) is 2.49. The Morgan fingerprint density at radius 2 is 2.26 bits per heavy atom. The van der Waals surface area contributed by atoms with Gasteiger partial charge in [0, 0.05) is 37.9 Å². The number of ether oxygens (including phenoxy) is 1. The van der Waals surface area contributed by atoms with E-state index in [1.54, 1.807) is 23.7 Å². The van der Waals surface area contributed by atoms with Crippen molar-refractivity contribution in [3.8, 4) is 0 Å². The highest BCUT2D eigenvalue weighted by molar-refractivity contribution is 7.07. The molecule has 5 nitrogen and oxygen atoms in total. The second kappa shape index (κ2) is 6.95. The molecule has 1 N–H and O–H groups in total. The first kappa shape index (κ1) is 15.1. The molecule has 0 spiro atoms. The van der Waals surface area contributed by atoms with Crippen LogP contribution in [-0.4, -0.2) is 47.2 Å². The van der Waals surface area contributed by atoms with E-state index in [9.17, 15) is 0 Å². The molecule has 0 aliphatic carbocycles. The second-order valence-corrected chi connectivity index (χ2v) is 7.18. The van der Waals surface area contributed by atoms with Gasteiger partial charge >= 0.3 is 0 Å². The minimum atomic E-state index is 0.284. The zero-order valence-corrected chi connectivity index (χ0v) is 13.9. The van der Waals surface area contributed by atoms with Crippen LogP contribution in [0.15, 0.2) is 35.3 Å². The number of thiophene rings is 1. The highest BCUT2D eigenvalue weighted by Crippen LogP contribution is 2.35. The molecule has 2 aromatic heterocycles. The molecule has 0 unspecified atom stereocenters. The van der Waals surface area contributed by atoms with Crippen LogP contribution in [0, 0.1) is 11.8 Å². The van der Waals surface area contributed by atoms with E-state index in [4.69, 9.17) is 4.74 Å². The molecular formula is C17H22N4OS. The number of anilines is 1. The molecule has 4 rings (SSSR count). The van der Waals surface area contributed by atoms with Crippen LogP contribution in [0.2, 0.25) is 0 Å². The molecule has 23 heavy (non-hydrogen) atoms.